The molecule has 0 spiro atoms. The summed E-state index contributed by atoms with van der Waals surface area (Å²) in [4.78, 5) is 23.8. The summed E-state index contributed by atoms with van der Waals surface area (Å²) in [5.74, 6) is 1.55. The molecule has 5 atom stereocenters. The number of rotatable bonds is 7. The van der Waals surface area contributed by atoms with Crippen LogP contribution in [0, 0.1) is 17.8 Å². The molecule has 15 heteroatoms. The molecule has 2 fully saturated rings. The van der Waals surface area contributed by atoms with Crippen LogP contribution in [0.25, 0.3) is 0 Å². The van der Waals surface area contributed by atoms with Gasteiger partial charge in [0, 0.05) is 25.2 Å². The number of fused-ring (bicyclic) bond motifs is 3. The summed E-state index contributed by atoms with van der Waals surface area (Å²) in [6.07, 6.45) is 11.7. The highest BCUT2D eigenvalue weighted by molar-refractivity contribution is 7.85. The monoisotopic (exact) mass is 670 g/mol. The first-order chi connectivity index (χ1) is 20.5. The lowest BCUT2D eigenvalue weighted by Gasteiger charge is -2.34. The Labute approximate surface area is 269 Å². The molecule has 44 heavy (non-hydrogen) atoms. The van der Waals surface area contributed by atoms with Crippen molar-refractivity contribution in [2.75, 3.05) is 50.3 Å². The molecule has 3 aliphatic carbocycles. The lowest BCUT2D eigenvalue weighted by Crippen LogP contribution is -2.43. The molecule has 5 N–H and O–H groups in total. The first kappa shape index (κ1) is 34.2. The van der Waals surface area contributed by atoms with Gasteiger partial charge in [-0.1, -0.05) is 29.8 Å². The van der Waals surface area contributed by atoms with Gasteiger partial charge in [-0.05, 0) is 61.1 Å². The van der Waals surface area contributed by atoms with E-state index in [2.05, 4.69) is 43.7 Å². The summed E-state index contributed by atoms with van der Waals surface area (Å²) < 4.78 is 37.4. The second kappa shape index (κ2) is 14.6. The Morgan fingerprint density at radius 1 is 1.18 bits per heavy atom. The van der Waals surface area contributed by atoms with Crippen molar-refractivity contribution in [1.29, 1.82) is 0 Å². The normalized spacial score (nSPS) is 26.0. The first-order valence-corrected chi connectivity index (χ1v) is 16.7. The number of aryl methyl sites for hydroxylation is 1. The highest BCUT2D eigenvalue weighted by atomic mass is 35.5. The minimum absolute atomic E-state index is 0. The van der Waals surface area contributed by atoms with E-state index in [1.807, 2.05) is 6.07 Å². The number of benzene rings is 1. The molecule has 1 aromatic carbocycles. The molecule has 1 aromatic heterocycles. The Hall–Kier alpha value is -2.68. The number of anilines is 3. The number of nitrogens with one attached hydrogen (secondary N) is 2. The molecular weight excluding hydrogens is 631 g/mol. The number of methoxy groups -OCH3 is 1. The minimum atomic E-state index is -3.67. The van der Waals surface area contributed by atoms with Gasteiger partial charge in [0.1, 0.15) is 10.8 Å². The molecule has 1 amide bonds. The van der Waals surface area contributed by atoms with Gasteiger partial charge in [-0.25, -0.2) is 4.98 Å². The fourth-order valence-corrected chi connectivity index (χ4v) is 6.95. The average Bonchev–Trinajstić information content (AvgIpc) is 3.50. The molecule has 6 rings (SSSR count). The van der Waals surface area contributed by atoms with Crippen molar-refractivity contribution in [3.63, 3.8) is 0 Å². The fourth-order valence-electron chi connectivity index (χ4n) is 6.81. The van der Waals surface area contributed by atoms with Gasteiger partial charge in [-0.3, -0.25) is 14.2 Å². The number of primary amides is 1. The number of amides is 1. The van der Waals surface area contributed by atoms with Crippen LogP contribution in [-0.2, 0) is 32.5 Å². The van der Waals surface area contributed by atoms with Crippen molar-refractivity contribution < 1.29 is 27.2 Å². The zero-order chi connectivity index (χ0) is 30.7. The number of hydrogen-bond donors (Lipinski definition) is 4. The summed E-state index contributed by atoms with van der Waals surface area (Å²) in [5, 5.41) is 7.15. The van der Waals surface area contributed by atoms with Crippen LogP contribution < -0.4 is 21.1 Å². The largest absolute Gasteiger partial charge is 0.494 e. The molecule has 1 aliphatic heterocycles. The van der Waals surface area contributed by atoms with Crippen LogP contribution in [0.2, 0.25) is 5.02 Å². The van der Waals surface area contributed by atoms with Crippen LogP contribution in [0.3, 0.4) is 0 Å². The topological polar surface area (TPSA) is 169 Å². The number of aromatic nitrogens is 2. The number of nitrogens with two attached hydrogens (primary N) is 1. The third kappa shape index (κ3) is 8.12. The van der Waals surface area contributed by atoms with Gasteiger partial charge >= 0.3 is 0 Å². The van der Waals surface area contributed by atoms with Crippen LogP contribution in [0.5, 0.6) is 5.75 Å². The Morgan fingerprint density at radius 3 is 2.55 bits per heavy atom. The van der Waals surface area contributed by atoms with Crippen LogP contribution in [0.4, 0.5) is 17.5 Å². The number of carbonyl (C=O) groups excluding carboxylic acids is 1. The van der Waals surface area contributed by atoms with E-state index in [4.69, 9.17) is 31.4 Å². The van der Waals surface area contributed by atoms with Crippen LogP contribution in [0.1, 0.15) is 30.4 Å². The van der Waals surface area contributed by atoms with Crippen LogP contribution in [-0.4, -0.2) is 85.5 Å². The van der Waals surface area contributed by atoms with Gasteiger partial charge in [-0.2, -0.15) is 13.4 Å². The maximum Gasteiger partial charge on any atom is 0.261 e. The van der Waals surface area contributed by atoms with Crippen molar-refractivity contribution in [3.8, 4) is 5.75 Å². The molecule has 12 nitrogen and oxygen atoms in total. The van der Waals surface area contributed by atoms with Gasteiger partial charge in [-0.15, -0.1) is 12.4 Å². The molecule has 5 unspecified atom stereocenters. The zero-order valence-electron chi connectivity index (χ0n) is 24.7. The van der Waals surface area contributed by atoms with Gasteiger partial charge in [0.25, 0.3) is 10.1 Å². The number of ether oxygens (including phenoxy) is 2. The van der Waals surface area contributed by atoms with Crippen molar-refractivity contribution in [3.05, 3.63) is 46.6 Å². The highest BCUT2D eigenvalue weighted by Gasteiger charge is 2.47. The van der Waals surface area contributed by atoms with Gasteiger partial charge in [0.15, 0.2) is 5.82 Å². The van der Waals surface area contributed by atoms with Crippen molar-refractivity contribution in [2.24, 2.45) is 23.5 Å². The van der Waals surface area contributed by atoms with Gasteiger partial charge < -0.3 is 25.8 Å². The third-order valence-electron chi connectivity index (χ3n) is 8.68. The standard InChI is InChI=1S/C28H35ClN6O3.CH4O3S.ClH/c1-37-25-20-8-7-19(35-10-12-38-13-11-35)6-4-16(20)5-9-22(25)32-28-31-15-21(29)27(34-28)33-24-18-3-2-17(14-18)23(24)26(30)36;1-5(2,3)4;/h2-3,5,9,15,17-19,23-24H,4,6-8,10-14H2,1H3,(H2,30,36)(H2,31,32,33,34);1H3,(H,2,3,4);1H. The van der Waals surface area contributed by atoms with E-state index in [0.29, 0.717) is 29.1 Å². The number of nitrogens with zero attached hydrogens (tertiary/aromatic N) is 3. The average molecular weight is 672 g/mol. The third-order valence-corrected chi connectivity index (χ3v) is 8.96. The number of carbonyl (C=O) groups is 1. The Morgan fingerprint density at radius 2 is 1.86 bits per heavy atom. The van der Waals surface area contributed by atoms with E-state index in [0.717, 1.165) is 69.8 Å². The summed E-state index contributed by atoms with van der Waals surface area (Å²) >= 11 is 6.47. The molecule has 2 bridgehead atoms. The number of hydrogen-bond acceptors (Lipinski definition) is 10. The fraction of sp³-hybridized carbons (Fsp3) is 0.552. The number of allylic oxidation sites excluding steroid dienone is 1. The van der Waals surface area contributed by atoms with Crippen molar-refractivity contribution in [2.45, 2.75) is 44.2 Å². The predicted molar refractivity (Wildman–Crippen MR) is 172 cm³/mol. The maximum absolute atomic E-state index is 12.2. The lowest BCUT2D eigenvalue weighted by molar-refractivity contribution is -0.122. The van der Waals surface area contributed by atoms with Crippen LogP contribution in [0.15, 0.2) is 30.5 Å². The minimum Gasteiger partial charge on any atom is -0.494 e. The first-order valence-electron chi connectivity index (χ1n) is 14.5. The Bertz CT molecular complexity index is 1460. The molecule has 2 heterocycles. The van der Waals surface area contributed by atoms with Crippen molar-refractivity contribution >= 4 is 57.5 Å². The highest BCUT2D eigenvalue weighted by Crippen LogP contribution is 2.45. The summed E-state index contributed by atoms with van der Waals surface area (Å²) in [7, 11) is -1.95. The van der Waals surface area contributed by atoms with E-state index >= 15 is 0 Å². The van der Waals surface area contributed by atoms with Crippen LogP contribution >= 0.6 is 24.0 Å². The van der Waals surface area contributed by atoms with Gasteiger partial charge in [0.2, 0.25) is 11.9 Å². The predicted octanol–water partition coefficient (Wildman–Crippen LogP) is 3.48. The summed E-state index contributed by atoms with van der Waals surface area (Å²) in [5.41, 5.74) is 9.14. The molecular formula is C29H40Cl2N6O6S. The second-order valence-corrected chi connectivity index (χ2v) is 13.3. The van der Waals surface area contributed by atoms with E-state index in [9.17, 15) is 13.2 Å². The zero-order valence-corrected chi connectivity index (χ0v) is 27.1. The van der Waals surface area contributed by atoms with E-state index in [1.54, 1.807) is 13.3 Å². The molecule has 242 valence electrons. The second-order valence-electron chi connectivity index (χ2n) is 11.5. The molecule has 4 aliphatic rings. The van der Waals surface area contributed by atoms with Crippen molar-refractivity contribution in [1.82, 2.24) is 14.9 Å². The molecule has 2 aromatic rings. The van der Waals surface area contributed by atoms with Gasteiger partial charge in [0.05, 0.1) is 44.4 Å². The molecule has 0 radical (unpaired) electrons. The quantitative estimate of drug-likeness (QED) is 0.193. The summed E-state index contributed by atoms with van der Waals surface area (Å²) in [6, 6.07) is 4.66. The number of halogens is 2. The Kier molecular flexibility index (Phi) is 11.4. The molecule has 1 saturated carbocycles. The van der Waals surface area contributed by atoms with E-state index < -0.39 is 10.1 Å². The maximum atomic E-state index is 12.2. The lowest BCUT2D eigenvalue weighted by atomic mass is 9.88. The SMILES string of the molecule is COc1c(Nc2ncc(Cl)c(NC3C4C=CC(C4)C3C(N)=O)n2)ccc2c1CCC(N1CCOCC1)CC2.CS(=O)(=O)O.Cl. The Balaban J connectivity index is 0.000000683. The van der Waals surface area contributed by atoms with E-state index in [-0.39, 0.29) is 42.1 Å². The molecule has 1 saturated heterocycles. The smallest absolute Gasteiger partial charge is 0.261 e. The number of morpholine rings is 1. The summed E-state index contributed by atoms with van der Waals surface area (Å²) in [6.45, 7) is 3.66. The van der Waals surface area contributed by atoms with E-state index in [1.165, 1.54) is 11.1 Å².